The molecule has 0 aliphatic carbocycles. The molecule has 34 heavy (non-hydrogen) atoms. The number of carbonyl (C=O) groups is 2. The summed E-state index contributed by atoms with van der Waals surface area (Å²) < 4.78 is 13.4. The van der Waals surface area contributed by atoms with Crippen LogP contribution in [0, 0.1) is 19.7 Å². The second kappa shape index (κ2) is 10.0. The number of anilines is 2. The summed E-state index contributed by atoms with van der Waals surface area (Å²) in [5, 5.41) is 2.82. The molecule has 0 aliphatic heterocycles. The molecule has 0 bridgehead atoms. The Hall–Kier alpha value is -4.39. The number of halogens is 1. The standard InChI is InChI=1S/C27H23FN4O2/c1-18-6-8-20(9-7-18)25(26(33)31-22-12-10-21(28)11-13-22)32(23-5-3-4-19(2)16-23)27(34)24-17-29-14-15-30-24/h3-17,25H,1-2H3,(H,31,33). The van der Waals surface area contributed by atoms with E-state index in [0.29, 0.717) is 16.9 Å². The minimum atomic E-state index is -1.03. The van der Waals surface area contributed by atoms with Gasteiger partial charge in [-0.2, -0.15) is 0 Å². The molecular formula is C27H23FN4O2. The topological polar surface area (TPSA) is 75.2 Å². The fourth-order valence-electron chi connectivity index (χ4n) is 3.60. The molecule has 1 unspecified atom stereocenters. The molecule has 0 fully saturated rings. The highest BCUT2D eigenvalue weighted by Gasteiger charge is 2.34. The first kappa shape index (κ1) is 22.8. The molecule has 0 aliphatic rings. The Morgan fingerprint density at radius 1 is 0.912 bits per heavy atom. The van der Waals surface area contributed by atoms with Crippen molar-refractivity contribution < 1.29 is 14.0 Å². The molecule has 3 aromatic carbocycles. The van der Waals surface area contributed by atoms with E-state index >= 15 is 0 Å². The highest BCUT2D eigenvalue weighted by Crippen LogP contribution is 2.31. The second-order valence-electron chi connectivity index (χ2n) is 7.91. The van der Waals surface area contributed by atoms with Crippen LogP contribution in [-0.4, -0.2) is 21.8 Å². The Morgan fingerprint density at radius 2 is 1.65 bits per heavy atom. The number of rotatable bonds is 6. The first-order valence-corrected chi connectivity index (χ1v) is 10.7. The van der Waals surface area contributed by atoms with Crippen molar-refractivity contribution in [1.82, 2.24) is 9.97 Å². The molecule has 0 spiro atoms. The van der Waals surface area contributed by atoms with Gasteiger partial charge in [-0.05, 0) is 61.4 Å². The van der Waals surface area contributed by atoms with Crippen molar-refractivity contribution in [2.75, 3.05) is 10.2 Å². The maximum Gasteiger partial charge on any atom is 0.279 e. The SMILES string of the molecule is Cc1ccc(C(C(=O)Nc2ccc(F)cc2)N(C(=O)c2cnccn2)c2cccc(C)c2)cc1. The monoisotopic (exact) mass is 454 g/mol. The van der Waals surface area contributed by atoms with Gasteiger partial charge in [-0.25, -0.2) is 9.37 Å². The summed E-state index contributed by atoms with van der Waals surface area (Å²) >= 11 is 0. The number of nitrogens with one attached hydrogen (secondary N) is 1. The number of carbonyl (C=O) groups excluding carboxylic acids is 2. The molecule has 170 valence electrons. The highest BCUT2D eigenvalue weighted by atomic mass is 19.1. The molecule has 4 aromatic rings. The van der Waals surface area contributed by atoms with Crippen molar-refractivity contribution in [1.29, 1.82) is 0 Å². The Kier molecular flexibility index (Phi) is 6.73. The van der Waals surface area contributed by atoms with Gasteiger partial charge in [0, 0.05) is 23.8 Å². The molecule has 7 heteroatoms. The van der Waals surface area contributed by atoms with Gasteiger partial charge in [-0.1, -0.05) is 42.0 Å². The zero-order chi connectivity index (χ0) is 24.1. The molecule has 0 radical (unpaired) electrons. The maximum atomic E-state index is 13.7. The van der Waals surface area contributed by atoms with Crippen molar-refractivity contribution in [3.63, 3.8) is 0 Å². The van der Waals surface area contributed by atoms with Crippen LogP contribution < -0.4 is 10.2 Å². The molecule has 0 saturated heterocycles. The summed E-state index contributed by atoms with van der Waals surface area (Å²) in [6.07, 6.45) is 4.28. The van der Waals surface area contributed by atoms with E-state index in [1.54, 1.807) is 6.07 Å². The Labute approximate surface area is 197 Å². The third-order valence-electron chi connectivity index (χ3n) is 5.29. The highest BCUT2D eigenvalue weighted by molar-refractivity contribution is 6.11. The van der Waals surface area contributed by atoms with E-state index in [-0.39, 0.29) is 5.69 Å². The van der Waals surface area contributed by atoms with E-state index in [9.17, 15) is 14.0 Å². The van der Waals surface area contributed by atoms with E-state index in [4.69, 9.17) is 0 Å². The number of hydrogen-bond acceptors (Lipinski definition) is 4. The van der Waals surface area contributed by atoms with Crippen molar-refractivity contribution in [3.8, 4) is 0 Å². The quantitative estimate of drug-likeness (QED) is 0.431. The predicted molar refractivity (Wildman–Crippen MR) is 129 cm³/mol. The van der Waals surface area contributed by atoms with Crippen molar-refractivity contribution in [2.24, 2.45) is 0 Å². The maximum absolute atomic E-state index is 13.7. The Balaban J connectivity index is 1.84. The predicted octanol–water partition coefficient (Wildman–Crippen LogP) is 5.26. The van der Waals surface area contributed by atoms with Crippen molar-refractivity contribution in [2.45, 2.75) is 19.9 Å². The number of benzene rings is 3. The van der Waals surface area contributed by atoms with E-state index in [0.717, 1.165) is 11.1 Å². The summed E-state index contributed by atoms with van der Waals surface area (Å²) in [6.45, 7) is 3.86. The van der Waals surface area contributed by atoms with Gasteiger partial charge in [0.2, 0.25) is 0 Å². The lowest BCUT2D eigenvalue weighted by molar-refractivity contribution is -0.117. The average Bonchev–Trinajstić information content (AvgIpc) is 2.85. The Morgan fingerprint density at radius 3 is 2.29 bits per heavy atom. The molecule has 2 amide bonds. The lowest BCUT2D eigenvalue weighted by atomic mass is 10.0. The summed E-state index contributed by atoms with van der Waals surface area (Å²) in [7, 11) is 0. The van der Waals surface area contributed by atoms with Crippen LogP contribution in [0.3, 0.4) is 0 Å². The number of amides is 2. The number of aromatic nitrogens is 2. The Bertz CT molecular complexity index is 1290. The van der Waals surface area contributed by atoms with Crippen LogP contribution in [0.2, 0.25) is 0 Å². The van der Waals surface area contributed by atoms with E-state index < -0.39 is 23.7 Å². The third kappa shape index (κ3) is 5.15. The molecule has 1 heterocycles. The van der Waals surface area contributed by atoms with Gasteiger partial charge in [0.05, 0.1) is 6.20 Å². The minimum Gasteiger partial charge on any atom is -0.324 e. The van der Waals surface area contributed by atoms with Gasteiger partial charge < -0.3 is 5.32 Å². The minimum absolute atomic E-state index is 0.107. The molecule has 4 rings (SSSR count). The fourth-order valence-corrected chi connectivity index (χ4v) is 3.60. The molecule has 1 aromatic heterocycles. The van der Waals surface area contributed by atoms with Crippen molar-refractivity contribution >= 4 is 23.2 Å². The van der Waals surface area contributed by atoms with E-state index in [2.05, 4.69) is 15.3 Å². The number of aryl methyl sites for hydroxylation is 2. The largest absolute Gasteiger partial charge is 0.324 e. The number of nitrogens with zero attached hydrogens (tertiary/aromatic N) is 3. The summed E-state index contributed by atoms with van der Waals surface area (Å²) in [5.74, 6) is -1.33. The first-order chi connectivity index (χ1) is 16.4. The third-order valence-corrected chi connectivity index (χ3v) is 5.29. The first-order valence-electron chi connectivity index (χ1n) is 10.7. The fraction of sp³-hybridized carbons (Fsp3) is 0.111. The van der Waals surface area contributed by atoms with Crippen LogP contribution >= 0.6 is 0 Å². The summed E-state index contributed by atoms with van der Waals surface area (Å²) in [4.78, 5) is 37.0. The molecule has 0 saturated carbocycles. The zero-order valence-corrected chi connectivity index (χ0v) is 18.8. The lowest BCUT2D eigenvalue weighted by Gasteiger charge is -2.31. The van der Waals surface area contributed by atoms with Crippen LogP contribution in [0.4, 0.5) is 15.8 Å². The molecule has 6 nitrogen and oxygen atoms in total. The van der Waals surface area contributed by atoms with Gasteiger partial charge in [0.1, 0.15) is 17.6 Å². The van der Waals surface area contributed by atoms with Crippen LogP contribution in [-0.2, 0) is 4.79 Å². The van der Waals surface area contributed by atoms with Crippen LogP contribution in [0.5, 0.6) is 0 Å². The van der Waals surface area contributed by atoms with E-state index in [1.807, 2.05) is 56.3 Å². The number of hydrogen-bond donors (Lipinski definition) is 1. The molecule has 1 N–H and O–H groups in total. The normalized spacial score (nSPS) is 11.5. The van der Waals surface area contributed by atoms with Crippen LogP contribution in [0.15, 0.2) is 91.4 Å². The average molecular weight is 455 g/mol. The van der Waals surface area contributed by atoms with Gasteiger partial charge in [-0.3, -0.25) is 19.5 Å². The van der Waals surface area contributed by atoms with Crippen molar-refractivity contribution in [3.05, 3.63) is 120 Å². The molecular weight excluding hydrogens is 431 g/mol. The zero-order valence-electron chi connectivity index (χ0n) is 18.8. The molecule has 1 atom stereocenters. The second-order valence-corrected chi connectivity index (χ2v) is 7.91. The smallest absolute Gasteiger partial charge is 0.279 e. The van der Waals surface area contributed by atoms with E-state index in [1.165, 1.54) is 47.8 Å². The van der Waals surface area contributed by atoms with Crippen LogP contribution in [0.25, 0.3) is 0 Å². The lowest BCUT2D eigenvalue weighted by Crippen LogP contribution is -2.42. The van der Waals surface area contributed by atoms with Gasteiger partial charge in [0.25, 0.3) is 11.8 Å². The van der Waals surface area contributed by atoms with Crippen LogP contribution in [0.1, 0.15) is 33.2 Å². The summed E-state index contributed by atoms with van der Waals surface area (Å²) in [6, 6.07) is 19.2. The van der Waals surface area contributed by atoms with Gasteiger partial charge >= 0.3 is 0 Å². The van der Waals surface area contributed by atoms with Gasteiger partial charge in [0.15, 0.2) is 0 Å². The van der Waals surface area contributed by atoms with Gasteiger partial charge in [-0.15, -0.1) is 0 Å². The summed E-state index contributed by atoms with van der Waals surface area (Å²) in [5.41, 5.74) is 3.62.